The Balaban J connectivity index is 1.40. The molecule has 152 valence electrons. The standard InChI is InChI=1S/C21H17FN4O3S/c1-2-18-25-26-19(27)11-16(24-21(26)30-18)12-29-17-9-7-15(8-10-17)23-20(28)13-3-5-14(22)6-4-13/h3-11H,2,12H2,1H3,(H,23,28). The lowest BCUT2D eigenvalue weighted by atomic mass is 10.2. The lowest BCUT2D eigenvalue weighted by molar-refractivity contribution is 0.102. The molecule has 0 bridgehead atoms. The van der Waals surface area contributed by atoms with Crippen molar-refractivity contribution in [3.8, 4) is 5.75 Å². The van der Waals surface area contributed by atoms with Gasteiger partial charge in [0.1, 0.15) is 23.2 Å². The monoisotopic (exact) mass is 424 g/mol. The highest BCUT2D eigenvalue weighted by Crippen LogP contribution is 2.18. The molecule has 1 N–H and O–H groups in total. The number of aryl methyl sites for hydroxylation is 1. The summed E-state index contributed by atoms with van der Waals surface area (Å²) in [6, 6.07) is 13.5. The minimum absolute atomic E-state index is 0.131. The average Bonchev–Trinajstić information content (AvgIpc) is 3.18. The molecule has 0 saturated carbocycles. The molecule has 0 aliphatic rings. The van der Waals surface area contributed by atoms with Gasteiger partial charge in [-0.15, -0.1) is 0 Å². The molecule has 0 saturated heterocycles. The van der Waals surface area contributed by atoms with Crippen molar-refractivity contribution in [3.05, 3.63) is 87.0 Å². The highest BCUT2D eigenvalue weighted by molar-refractivity contribution is 7.16. The third-order valence-corrected chi connectivity index (χ3v) is 5.30. The molecule has 0 spiro atoms. The summed E-state index contributed by atoms with van der Waals surface area (Å²) in [6.07, 6.45) is 0.739. The molecule has 2 aromatic heterocycles. The van der Waals surface area contributed by atoms with Gasteiger partial charge in [-0.2, -0.15) is 9.61 Å². The molecule has 4 rings (SSSR count). The van der Waals surface area contributed by atoms with Gasteiger partial charge in [0.15, 0.2) is 0 Å². The molecular formula is C21H17FN4O3S. The van der Waals surface area contributed by atoms with E-state index in [1.807, 2.05) is 6.92 Å². The molecule has 4 aromatic rings. The van der Waals surface area contributed by atoms with Gasteiger partial charge in [-0.3, -0.25) is 9.59 Å². The van der Waals surface area contributed by atoms with Crippen molar-refractivity contribution < 1.29 is 13.9 Å². The summed E-state index contributed by atoms with van der Waals surface area (Å²) in [6.45, 7) is 2.10. The summed E-state index contributed by atoms with van der Waals surface area (Å²) in [5.74, 6) is -0.168. The highest BCUT2D eigenvalue weighted by atomic mass is 32.1. The van der Waals surface area contributed by atoms with Gasteiger partial charge in [0.05, 0.1) is 5.69 Å². The smallest absolute Gasteiger partial charge is 0.275 e. The minimum Gasteiger partial charge on any atom is -0.487 e. The topological polar surface area (TPSA) is 85.6 Å². The van der Waals surface area contributed by atoms with Crippen LogP contribution in [0.15, 0.2) is 59.4 Å². The predicted molar refractivity (Wildman–Crippen MR) is 112 cm³/mol. The number of halogens is 1. The van der Waals surface area contributed by atoms with Gasteiger partial charge >= 0.3 is 0 Å². The number of aromatic nitrogens is 3. The van der Waals surface area contributed by atoms with Crippen molar-refractivity contribution in [2.45, 2.75) is 20.0 Å². The van der Waals surface area contributed by atoms with E-state index in [0.29, 0.717) is 27.7 Å². The molecular weight excluding hydrogens is 407 g/mol. The number of carbonyl (C=O) groups excluding carboxylic acids is 1. The Kier molecular flexibility index (Phi) is 5.53. The number of amides is 1. The number of hydrogen-bond acceptors (Lipinski definition) is 6. The van der Waals surface area contributed by atoms with Crippen molar-refractivity contribution in [1.82, 2.24) is 14.6 Å². The number of nitrogens with zero attached hydrogens (tertiary/aromatic N) is 3. The fourth-order valence-corrected chi connectivity index (χ4v) is 3.57. The van der Waals surface area contributed by atoms with Gasteiger partial charge in [-0.1, -0.05) is 18.3 Å². The maximum absolute atomic E-state index is 13.0. The Hall–Kier alpha value is -3.59. The largest absolute Gasteiger partial charge is 0.487 e. The summed E-state index contributed by atoms with van der Waals surface area (Å²) in [7, 11) is 0. The molecule has 30 heavy (non-hydrogen) atoms. The van der Waals surface area contributed by atoms with Gasteiger partial charge in [0.25, 0.3) is 11.5 Å². The van der Waals surface area contributed by atoms with Crippen LogP contribution in [0, 0.1) is 5.82 Å². The number of benzene rings is 2. The van der Waals surface area contributed by atoms with Gasteiger partial charge < -0.3 is 10.1 Å². The Labute approximate surface area is 174 Å². The van der Waals surface area contributed by atoms with E-state index in [1.54, 1.807) is 24.3 Å². The van der Waals surface area contributed by atoms with Crippen LogP contribution in [0.2, 0.25) is 0 Å². The summed E-state index contributed by atoms with van der Waals surface area (Å²) < 4.78 is 20.0. The van der Waals surface area contributed by atoms with Crippen LogP contribution in [-0.2, 0) is 13.0 Å². The zero-order valence-electron chi connectivity index (χ0n) is 16.0. The zero-order chi connectivity index (χ0) is 21.1. The van der Waals surface area contributed by atoms with E-state index in [2.05, 4.69) is 15.4 Å². The van der Waals surface area contributed by atoms with E-state index in [4.69, 9.17) is 4.74 Å². The van der Waals surface area contributed by atoms with Crippen LogP contribution < -0.4 is 15.6 Å². The summed E-state index contributed by atoms with van der Waals surface area (Å²) in [5.41, 5.74) is 1.21. The van der Waals surface area contributed by atoms with Crippen LogP contribution >= 0.6 is 11.3 Å². The number of ether oxygens (including phenoxy) is 1. The molecule has 0 unspecified atom stereocenters. The van der Waals surface area contributed by atoms with E-state index >= 15 is 0 Å². The third-order valence-electron chi connectivity index (χ3n) is 4.25. The fourth-order valence-electron chi connectivity index (χ4n) is 2.71. The number of carbonyl (C=O) groups is 1. The molecule has 0 aliphatic carbocycles. The van der Waals surface area contributed by atoms with Crippen molar-refractivity contribution in [2.24, 2.45) is 0 Å². The fraction of sp³-hybridized carbons (Fsp3) is 0.143. The lowest BCUT2D eigenvalue weighted by Crippen LogP contribution is -2.16. The van der Waals surface area contributed by atoms with E-state index in [1.165, 1.54) is 46.2 Å². The third kappa shape index (κ3) is 4.36. The first kappa shape index (κ1) is 19.7. The minimum atomic E-state index is -0.398. The molecule has 0 fully saturated rings. The molecule has 0 radical (unpaired) electrons. The predicted octanol–water partition coefficient (Wildman–Crippen LogP) is 3.68. The van der Waals surface area contributed by atoms with Crippen LogP contribution in [0.4, 0.5) is 10.1 Å². The van der Waals surface area contributed by atoms with E-state index in [0.717, 1.165) is 11.4 Å². The van der Waals surface area contributed by atoms with Crippen LogP contribution in [0.25, 0.3) is 4.96 Å². The second-order valence-electron chi connectivity index (χ2n) is 6.40. The van der Waals surface area contributed by atoms with Crippen LogP contribution in [0.1, 0.15) is 28.0 Å². The SMILES string of the molecule is CCc1nn2c(=O)cc(COc3ccc(NC(=O)c4ccc(F)cc4)cc3)nc2s1. The second kappa shape index (κ2) is 8.42. The first-order valence-corrected chi connectivity index (χ1v) is 10.0. The van der Waals surface area contributed by atoms with Crippen LogP contribution in [-0.4, -0.2) is 20.5 Å². The molecule has 9 heteroatoms. The summed E-state index contributed by atoms with van der Waals surface area (Å²) in [5, 5.41) is 7.79. The van der Waals surface area contributed by atoms with Gasteiger partial charge in [-0.05, 0) is 55.0 Å². The number of nitrogens with one attached hydrogen (secondary N) is 1. The van der Waals surface area contributed by atoms with E-state index in [-0.39, 0.29) is 18.1 Å². The maximum Gasteiger partial charge on any atom is 0.275 e. The van der Waals surface area contributed by atoms with Crippen LogP contribution in [0.5, 0.6) is 5.75 Å². The zero-order valence-corrected chi connectivity index (χ0v) is 16.8. The molecule has 0 atom stereocenters. The van der Waals surface area contributed by atoms with Gasteiger partial charge in [0, 0.05) is 17.3 Å². The molecule has 2 heterocycles. The number of anilines is 1. The first-order chi connectivity index (χ1) is 14.5. The van der Waals surface area contributed by atoms with Gasteiger partial charge in [-0.25, -0.2) is 9.37 Å². The summed E-state index contributed by atoms with van der Waals surface area (Å²) in [4.78, 5) is 29.3. The highest BCUT2D eigenvalue weighted by Gasteiger charge is 2.09. The quantitative estimate of drug-likeness (QED) is 0.510. The summed E-state index contributed by atoms with van der Waals surface area (Å²) >= 11 is 1.38. The normalized spacial score (nSPS) is 10.9. The number of rotatable bonds is 6. The molecule has 7 nitrogen and oxygen atoms in total. The molecule has 0 aliphatic heterocycles. The van der Waals surface area contributed by atoms with E-state index < -0.39 is 5.82 Å². The lowest BCUT2D eigenvalue weighted by Gasteiger charge is -2.08. The molecule has 2 aromatic carbocycles. The first-order valence-electron chi connectivity index (χ1n) is 9.20. The molecule has 1 amide bonds. The Morgan fingerprint density at radius 2 is 1.90 bits per heavy atom. The van der Waals surface area contributed by atoms with Crippen molar-refractivity contribution >= 4 is 27.9 Å². The Bertz CT molecular complexity index is 1250. The van der Waals surface area contributed by atoms with E-state index in [9.17, 15) is 14.0 Å². The van der Waals surface area contributed by atoms with Crippen LogP contribution in [0.3, 0.4) is 0 Å². The maximum atomic E-state index is 13.0. The van der Waals surface area contributed by atoms with Crippen molar-refractivity contribution in [3.63, 3.8) is 0 Å². The second-order valence-corrected chi connectivity index (χ2v) is 7.44. The van der Waals surface area contributed by atoms with Crippen molar-refractivity contribution in [2.75, 3.05) is 5.32 Å². The van der Waals surface area contributed by atoms with Gasteiger partial charge in [0.2, 0.25) is 4.96 Å². The van der Waals surface area contributed by atoms with Crippen molar-refractivity contribution in [1.29, 1.82) is 0 Å². The number of fused-ring (bicyclic) bond motifs is 1. The number of hydrogen-bond donors (Lipinski definition) is 1. The Morgan fingerprint density at radius 3 is 2.60 bits per heavy atom. The average molecular weight is 424 g/mol. The Morgan fingerprint density at radius 1 is 1.17 bits per heavy atom.